The molecule has 0 aromatic heterocycles. The van der Waals surface area contributed by atoms with Crippen molar-refractivity contribution in [3.05, 3.63) is 64.7 Å². The third kappa shape index (κ3) is 4.64. The number of nitrogens with zero attached hydrogens (tertiary/aromatic N) is 1. The standard InChI is InChI=1S/C30H36ClN3O4S/c1-4-15-32-26(36)22-23-28(38)34(20(17-35)16-19-10-6-5-7-11-19)25(30(23)14-13-29(22,3)39-30)27(37)33-24-18(2)9-8-12-21(24)31/h5-12,20,22-23,25,35H,4,13-17H2,1-3H3,(H,32,36)(H,33,37)/t20-,22+,23+,25?,29-,30?/m1/s1. The molecule has 3 amide bonds. The molecule has 2 aromatic rings. The van der Waals surface area contributed by atoms with E-state index in [1.54, 1.807) is 22.7 Å². The van der Waals surface area contributed by atoms with Crippen LogP contribution in [0.4, 0.5) is 5.69 Å². The summed E-state index contributed by atoms with van der Waals surface area (Å²) in [4.78, 5) is 43.8. The Kier molecular flexibility index (Phi) is 7.74. The van der Waals surface area contributed by atoms with Gasteiger partial charge in [0, 0.05) is 11.3 Å². The number of hydrogen-bond donors (Lipinski definition) is 3. The molecule has 0 radical (unpaired) electrons. The number of rotatable bonds is 9. The van der Waals surface area contributed by atoms with E-state index in [0.29, 0.717) is 30.1 Å². The monoisotopic (exact) mass is 569 g/mol. The SMILES string of the molecule is CCCNC(=O)[C@@H]1[C@H]2C(=O)N([C@@H](CO)Cc3ccccc3)C(C(=O)Nc3c(C)cccc3Cl)C23CC[C@@]1(C)S3. The van der Waals surface area contributed by atoms with Crippen LogP contribution in [0.5, 0.6) is 0 Å². The number of carbonyl (C=O) groups excluding carboxylic acids is 3. The first-order valence-corrected chi connectivity index (χ1v) is 14.9. The number of hydrogen-bond acceptors (Lipinski definition) is 5. The van der Waals surface area contributed by atoms with Gasteiger partial charge in [-0.1, -0.05) is 61.0 Å². The van der Waals surface area contributed by atoms with E-state index >= 15 is 0 Å². The topological polar surface area (TPSA) is 98.7 Å². The van der Waals surface area contributed by atoms with Gasteiger partial charge in [-0.3, -0.25) is 14.4 Å². The third-order valence-electron chi connectivity index (χ3n) is 8.68. The molecular weight excluding hydrogens is 534 g/mol. The van der Waals surface area contributed by atoms with E-state index in [2.05, 4.69) is 17.6 Å². The lowest BCUT2D eigenvalue weighted by atomic mass is 9.66. The average molecular weight is 570 g/mol. The minimum absolute atomic E-state index is 0.127. The molecule has 1 spiro atoms. The van der Waals surface area contributed by atoms with Gasteiger partial charge in [-0.2, -0.15) is 0 Å². The fraction of sp³-hybridized carbons (Fsp3) is 0.500. The van der Waals surface area contributed by atoms with Crippen molar-refractivity contribution >= 4 is 46.8 Å². The van der Waals surface area contributed by atoms with Crippen LogP contribution in [0.15, 0.2) is 48.5 Å². The van der Waals surface area contributed by atoms with E-state index in [-0.39, 0.29) is 24.3 Å². The number of amides is 3. The molecule has 3 aliphatic rings. The molecule has 3 aliphatic heterocycles. The maximum Gasteiger partial charge on any atom is 0.248 e. The van der Waals surface area contributed by atoms with E-state index in [1.807, 2.05) is 56.3 Å². The molecule has 2 aromatic carbocycles. The summed E-state index contributed by atoms with van der Waals surface area (Å²) in [7, 11) is 0. The van der Waals surface area contributed by atoms with Crippen LogP contribution in [0.2, 0.25) is 5.02 Å². The largest absolute Gasteiger partial charge is 0.394 e. The predicted octanol–water partition coefficient (Wildman–Crippen LogP) is 4.20. The minimum Gasteiger partial charge on any atom is -0.394 e. The van der Waals surface area contributed by atoms with Crippen molar-refractivity contribution in [1.82, 2.24) is 10.2 Å². The maximum atomic E-state index is 14.4. The summed E-state index contributed by atoms with van der Waals surface area (Å²) < 4.78 is -1.22. The highest BCUT2D eigenvalue weighted by Crippen LogP contribution is 2.71. The summed E-state index contributed by atoms with van der Waals surface area (Å²) in [5.74, 6) is -1.88. The normalized spacial score (nSPS) is 29.8. The van der Waals surface area contributed by atoms with Crippen LogP contribution in [0.25, 0.3) is 0 Å². The highest BCUT2D eigenvalue weighted by atomic mass is 35.5. The summed E-state index contributed by atoms with van der Waals surface area (Å²) in [5, 5.41) is 17.1. The number of benzene rings is 2. The molecule has 7 nitrogen and oxygen atoms in total. The molecule has 208 valence electrons. The second-order valence-electron chi connectivity index (χ2n) is 11.2. The van der Waals surface area contributed by atoms with Gasteiger partial charge in [0.25, 0.3) is 0 Å². The van der Waals surface area contributed by atoms with Crippen molar-refractivity contribution in [1.29, 1.82) is 0 Å². The van der Waals surface area contributed by atoms with E-state index in [1.165, 1.54) is 0 Å². The van der Waals surface area contributed by atoms with E-state index in [0.717, 1.165) is 24.0 Å². The number of halogens is 1. The highest BCUT2D eigenvalue weighted by molar-refractivity contribution is 8.02. The van der Waals surface area contributed by atoms with Crippen LogP contribution in [-0.2, 0) is 20.8 Å². The zero-order valence-electron chi connectivity index (χ0n) is 22.6. The Bertz CT molecular complexity index is 1260. The number of thioether (sulfide) groups is 1. The molecule has 3 heterocycles. The van der Waals surface area contributed by atoms with Crippen LogP contribution < -0.4 is 10.6 Å². The fourth-order valence-electron chi connectivity index (χ4n) is 6.93. The molecule has 2 bridgehead atoms. The molecule has 3 fully saturated rings. The Morgan fingerprint density at radius 3 is 2.56 bits per heavy atom. The average Bonchev–Trinajstić information content (AvgIpc) is 3.49. The number of aliphatic hydroxyl groups is 1. The van der Waals surface area contributed by atoms with Gasteiger partial charge in [0.2, 0.25) is 17.7 Å². The van der Waals surface area contributed by atoms with Crippen LogP contribution in [0.1, 0.15) is 44.2 Å². The summed E-state index contributed by atoms with van der Waals surface area (Å²) in [6, 6.07) is 13.6. The second-order valence-corrected chi connectivity index (χ2v) is 13.5. The number of para-hydroxylation sites is 1. The van der Waals surface area contributed by atoms with Gasteiger partial charge in [-0.15, -0.1) is 11.8 Å². The molecule has 39 heavy (non-hydrogen) atoms. The second kappa shape index (κ2) is 10.8. The summed E-state index contributed by atoms with van der Waals surface area (Å²) >= 11 is 8.09. The molecule has 3 saturated heterocycles. The number of aliphatic hydroxyl groups excluding tert-OH is 1. The lowest BCUT2D eigenvalue weighted by Crippen LogP contribution is -2.55. The van der Waals surface area contributed by atoms with Crippen LogP contribution in [0, 0.1) is 18.8 Å². The van der Waals surface area contributed by atoms with Crippen molar-refractivity contribution in [3.63, 3.8) is 0 Å². The van der Waals surface area contributed by atoms with Gasteiger partial charge in [0.1, 0.15) is 6.04 Å². The van der Waals surface area contributed by atoms with Crippen molar-refractivity contribution in [2.24, 2.45) is 11.8 Å². The molecule has 0 saturated carbocycles. The zero-order valence-corrected chi connectivity index (χ0v) is 24.1. The van der Waals surface area contributed by atoms with Gasteiger partial charge < -0.3 is 20.6 Å². The van der Waals surface area contributed by atoms with Gasteiger partial charge >= 0.3 is 0 Å². The molecule has 9 heteroatoms. The van der Waals surface area contributed by atoms with Gasteiger partial charge in [-0.25, -0.2) is 0 Å². The zero-order chi connectivity index (χ0) is 27.9. The highest BCUT2D eigenvalue weighted by Gasteiger charge is 2.77. The maximum absolute atomic E-state index is 14.4. The summed E-state index contributed by atoms with van der Waals surface area (Å²) in [6.07, 6.45) is 2.57. The van der Waals surface area contributed by atoms with Crippen LogP contribution in [0.3, 0.4) is 0 Å². The van der Waals surface area contributed by atoms with Gasteiger partial charge in [0.15, 0.2) is 0 Å². The lowest BCUT2D eigenvalue weighted by Gasteiger charge is -2.37. The number of aryl methyl sites for hydroxylation is 1. The molecule has 2 unspecified atom stereocenters. The first kappa shape index (κ1) is 28.0. The van der Waals surface area contributed by atoms with Crippen molar-refractivity contribution in [2.45, 2.75) is 68.0 Å². The van der Waals surface area contributed by atoms with Crippen molar-refractivity contribution in [3.8, 4) is 0 Å². The molecule has 6 atom stereocenters. The van der Waals surface area contributed by atoms with Gasteiger partial charge in [-0.05, 0) is 56.7 Å². The number of anilines is 1. The fourth-order valence-corrected chi connectivity index (χ4v) is 9.55. The Morgan fingerprint density at radius 2 is 1.90 bits per heavy atom. The number of likely N-dealkylation sites (tertiary alicyclic amines) is 1. The Labute approximate surface area is 239 Å². The molecule has 3 N–H and O–H groups in total. The minimum atomic E-state index is -0.859. The predicted molar refractivity (Wildman–Crippen MR) is 155 cm³/mol. The van der Waals surface area contributed by atoms with E-state index in [9.17, 15) is 19.5 Å². The Morgan fingerprint density at radius 1 is 1.15 bits per heavy atom. The lowest BCUT2D eigenvalue weighted by molar-refractivity contribution is -0.142. The third-order valence-corrected chi connectivity index (χ3v) is 11.0. The molecular formula is C30H36ClN3O4S. The van der Waals surface area contributed by atoms with Crippen molar-refractivity contribution in [2.75, 3.05) is 18.5 Å². The number of fused-ring (bicyclic) bond motifs is 1. The first-order valence-electron chi connectivity index (χ1n) is 13.7. The Hall–Kier alpha value is -2.55. The number of nitrogens with one attached hydrogen (secondary N) is 2. The van der Waals surface area contributed by atoms with E-state index in [4.69, 9.17) is 11.6 Å². The Balaban J connectivity index is 1.58. The summed E-state index contributed by atoms with van der Waals surface area (Å²) in [6.45, 7) is 6.16. The molecule has 0 aliphatic carbocycles. The first-order chi connectivity index (χ1) is 18.7. The van der Waals surface area contributed by atoms with Gasteiger partial charge in [0.05, 0.1) is 39.9 Å². The number of carbonyl (C=O) groups is 3. The van der Waals surface area contributed by atoms with Crippen LogP contribution in [-0.4, -0.2) is 62.5 Å². The van der Waals surface area contributed by atoms with E-state index < -0.39 is 33.4 Å². The summed E-state index contributed by atoms with van der Waals surface area (Å²) in [5.41, 5.74) is 2.29. The van der Waals surface area contributed by atoms with Crippen molar-refractivity contribution < 1.29 is 19.5 Å². The smallest absolute Gasteiger partial charge is 0.248 e. The quantitative estimate of drug-likeness (QED) is 0.420. The molecule has 5 rings (SSSR count). The van der Waals surface area contributed by atoms with Crippen LogP contribution >= 0.6 is 23.4 Å².